The van der Waals surface area contributed by atoms with Crippen molar-refractivity contribution in [3.05, 3.63) is 30.1 Å². The van der Waals surface area contributed by atoms with Gasteiger partial charge in [-0.25, -0.2) is 4.98 Å². The van der Waals surface area contributed by atoms with Crippen LogP contribution in [0.4, 0.5) is 0 Å². The van der Waals surface area contributed by atoms with E-state index >= 15 is 0 Å². The summed E-state index contributed by atoms with van der Waals surface area (Å²) in [5.41, 5.74) is 0.272. The Morgan fingerprint density at radius 3 is 2.82 bits per heavy atom. The number of thioether (sulfide) groups is 1. The summed E-state index contributed by atoms with van der Waals surface area (Å²) in [5.74, 6) is -1.06. The van der Waals surface area contributed by atoms with Crippen LogP contribution in [0, 0.1) is 5.41 Å². The highest BCUT2D eigenvalue weighted by atomic mass is 32.2. The largest absolute Gasteiger partial charge is 0.481 e. The summed E-state index contributed by atoms with van der Waals surface area (Å²) >= 11 is 1.47. The van der Waals surface area contributed by atoms with E-state index in [1.54, 1.807) is 11.8 Å². The zero-order valence-electron chi connectivity index (χ0n) is 12.4. The van der Waals surface area contributed by atoms with E-state index in [1.165, 1.54) is 11.8 Å². The Bertz CT molecular complexity index is 758. The summed E-state index contributed by atoms with van der Waals surface area (Å²) in [7, 11) is 0. The first-order valence-electron chi connectivity index (χ1n) is 7.00. The van der Waals surface area contributed by atoms with E-state index < -0.39 is 11.4 Å². The Kier molecular flexibility index (Phi) is 3.60. The minimum Gasteiger partial charge on any atom is -0.481 e. The monoisotopic (exact) mass is 319 g/mol. The molecule has 0 saturated carbocycles. The van der Waals surface area contributed by atoms with Crippen molar-refractivity contribution in [2.24, 2.45) is 5.41 Å². The van der Waals surface area contributed by atoms with Crippen LogP contribution >= 0.6 is 11.8 Å². The second-order valence-corrected chi connectivity index (χ2v) is 6.52. The molecule has 1 aliphatic rings. The number of nitrogens with zero attached hydrogens (tertiary/aromatic N) is 3. The second kappa shape index (κ2) is 5.31. The molecule has 6 nitrogen and oxygen atoms in total. The van der Waals surface area contributed by atoms with E-state index in [9.17, 15) is 14.7 Å². The number of aliphatic carboxylic acids is 1. The van der Waals surface area contributed by atoms with E-state index in [0.29, 0.717) is 18.7 Å². The van der Waals surface area contributed by atoms with E-state index in [2.05, 4.69) is 4.98 Å². The van der Waals surface area contributed by atoms with Crippen LogP contribution in [0.3, 0.4) is 0 Å². The highest BCUT2D eigenvalue weighted by molar-refractivity contribution is 7.98. The lowest BCUT2D eigenvalue weighted by Crippen LogP contribution is -2.35. The van der Waals surface area contributed by atoms with Gasteiger partial charge in [-0.3, -0.25) is 14.0 Å². The molecule has 1 aliphatic heterocycles. The van der Waals surface area contributed by atoms with Crippen molar-refractivity contribution in [3.63, 3.8) is 0 Å². The molecule has 0 radical (unpaired) electrons. The molecule has 3 rings (SSSR count). The molecular weight excluding hydrogens is 302 g/mol. The van der Waals surface area contributed by atoms with Crippen LogP contribution in [-0.4, -0.2) is 50.6 Å². The predicted octanol–water partition coefficient (Wildman–Crippen LogP) is 1.99. The van der Waals surface area contributed by atoms with Crippen molar-refractivity contribution >= 4 is 29.2 Å². The van der Waals surface area contributed by atoms with Crippen LogP contribution < -0.4 is 0 Å². The molecule has 1 saturated heterocycles. The number of likely N-dealkylation sites (tertiary alicyclic amines) is 1. The Morgan fingerprint density at radius 1 is 1.41 bits per heavy atom. The summed E-state index contributed by atoms with van der Waals surface area (Å²) in [5, 5.41) is 10.0. The number of hydrogen-bond acceptors (Lipinski definition) is 4. The Balaban J connectivity index is 1.95. The number of aromatic nitrogens is 2. The van der Waals surface area contributed by atoms with Gasteiger partial charge < -0.3 is 10.0 Å². The lowest BCUT2D eigenvalue weighted by molar-refractivity contribution is -0.147. The fourth-order valence-electron chi connectivity index (χ4n) is 2.77. The molecule has 7 heteroatoms. The number of imidazole rings is 1. The molecule has 2 aromatic heterocycles. The lowest BCUT2D eigenvalue weighted by Gasteiger charge is -2.19. The zero-order chi connectivity index (χ0) is 15.9. The molecule has 22 heavy (non-hydrogen) atoms. The van der Waals surface area contributed by atoms with Gasteiger partial charge in [0.25, 0.3) is 5.91 Å². The van der Waals surface area contributed by atoms with Gasteiger partial charge in [0.1, 0.15) is 0 Å². The SMILES string of the molecule is CSc1nc(C(=O)N2CCC(C)(C(=O)O)C2)c2ccccn12. The first kappa shape index (κ1) is 14.9. The van der Waals surface area contributed by atoms with Crippen molar-refractivity contribution in [1.29, 1.82) is 0 Å². The number of carbonyl (C=O) groups is 2. The van der Waals surface area contributed by atoms with Crippen molar-refractivity contribution in [3.8, 4) is 0 Å². The standard InChI is InChI=1S/C15H17N3O3S/c1-15(13(20)21)6-8-17(9-15)12(19)11-10-5-3-4-7-18(10)14(16-11)22-2/h3-5,7H,6,8-9H2,1-2H3,(H,20,21). The fraction of sp³-hybridized carbons (Fsp3) is 0.400. The quantitative estimate of drug-likeness (QED) is 0.876. The molecule has 1 unspecified atom stereocenters. The van der Waals surface area contributed by atoms with Gasteiger partial charge in [-0.2, -0.15) is 0 Å². The van der Waals surface area contributed by atoms with Crippen molar-refractivity contribution < 1.29 is 14.7 Å². The molecule has 1 N–H and O–H groups in total. The maximum Gasteiger partial charge on any atom is 0.311 e. The van der Waals surface area contributed by atoms with Crippen LogP contribution in [0.25, 0.3) is 5.52 Å². The van der Waals surface area contributed by atoms with Crippen LogP contribution in [0.2, 0.25) is 0 Å². The first-order valence-corrected chi connectivity index (χ1v) is 8.22. The third-order valence-corrected chi connectivity index (χ3v) is 4.83. The number of fused-ring (bicyclic) bond motifs is 1. The third kappa shape index (κ3) is 2.25. The summed E-state index contributed by atoms with van der Waals surface area (Å²) in [4.78, 5) is 30.1. The van der Waals surface area contributed by atoms with Crippen LogP contribution in [0.5, 0.6) is 0 Å². The van der Waals surface area contributed by atoms with Gasteiger partial charge in [0.2, 0.25) is 0 Å². The minimum atomic E-state index is -0.868. The minimum absolute atomic E-state index is 0.200. The average molecular weight is 319 g/mol. The summed E-state index contributed by atoms with van der Waals surface area (Å²) in [6.45, 7) is 2.35. The van der Waals surface area contributed by atoms with Crippen LogP contribution in [0.1, 0.15) is 23.8 Å². The Labute approximate surface area is 132 Å². The van der Waals surface area contributed by atoms with Gasteiger partial charge in [-0.15, -0.1) is 0 Å². The Hall–Kier alpha value is -2.02. The second-order valence-electron chi connectivity index (χ2n) is 5.75. The smallest absolute Gasteiger partial charge is 0.311 e. The third-order valence-electron chi connectivity index (χ3n) is 4.18. The fourth-order valence-corrected chi connectivity index (χ4v) is 3.31. The van der Waals surface area contributed by atoms with E-state index in [-0.39, 0.29) is 12.5 Å². The number of carboxylic acid groups (broad SMARTS) is 1. The summed E-state index contributed by atoms with van der Waals surface area (Å²) in [6, 6.07) is 5.61. The molecule has 0 aromatic carbocycles. The number of amides is 1. The highest BCUT2D eigenvalue weighted by Crippen LogP contribution is 2.31. The molecular formula is C15H17N3O3S. The van der Waals surface area contributed by atoms with Gasteiger partial charge in [0.05, 0.1) is 10.9 Å². The molecule has 1 atom stereocenters. The van der Waals surface area contributed by atoms with Gasteiger partial charge in [-0.05, 0) is 31.7 Å². The molecule has 1 fully saturated rings. The zero-order valence-corrected chi connectivity index (χ0v) is 13.3. The number of rotatable bonds is 3. The topological polar surface area (TPSA) is 74.9 Å². The average Bonchev–Trinajstić information content (AvgIpc) is 3.09. The Morgan fingerprint density at radius 2 is 2.18 bits per heavy atom. The van der Waals surface area contributed by atoms with Crippen molar-refractivity contribution in [2.75, 3.05) is 19.3 Å². The van der Waals surface area contributed by atoms with Gasteiger partial charge in [0, 0.05) is 19.3 Å². The molecule has 0 aliphatic carbocycles. The molecule has 2 aromatic rings. The summed E-state index contributed by atoms with van der Waals surface area (Å²) < 4.78 is 1.88. The number of hydrogen-bond donors (Lipinski definition) is 1. The van der Waals surface area contributed by atoms with Gasteiger partial charge in [-0.1, -0.05) is 17.8 Å². The maximum absolute atomic E-state index is 12.7. The van der Waals surface area contributed by atoms with Crippen LogP contribution in [0.15, 0.2) is 29.6 Å². The van der Waals surface area contributed by atoms with Crippen molar-refractivity contribution in [1.82, 2.24) is 14.3 Å². The summed E-state index contributed by atoms with van der Waals surface area (Å²) in [6.07, 6.45) is 4.25. The molecule has 116 valence electrons. The van der Waals surface area contributed by atoms with Crippen LogP contribution in [-0.2, 0) is 4.79 Å². The van der Waals surface area contributed by atoms with E-state index in [4.69, 9.17) is 0 Å². The molecule has 1 amide bonds. The van der Waals surface area contributed by atoms with E-state index in [1.807, 2.05) is 35.1 Å². The number of carbonyl (C=O) groups excluding carboxylic acids is 1. The number of carboxylic acids is 1. The maximum atomic E-state index is 12.7. The van der Waals surface area contributed by atoms with Gasteiger partial charge in [0.15, 0.2) is 10.9 Å². The first-order chi connectivity index (χ1) is 10.5. The number of pyridine rings is 1. The van der Waals surface area contributed by atoms with Crippen molar-refractivity contribution in [2.45, 2.75) is 18.5 Å². The molecule has 0 bridgehead atoms. The lowest BCUT2D eigenvalue weighted by atomic mass is 9.90. The predicted molar refractivity (Wildman–Crippen MR) is 83.2 cm³/mol. The molecule has 3 heterocycles. The molecule has 0 spiro atoms. The van der Waals surface area contributed by atoms with E-state index in [0.717, 1.165) is 10.7 Å². The highest BCUT2D eigenvalue weighted by Gasteiger charge is 2.42. The van der Waals surface area contributed by atoms with Gasteiger partial charge >= 0.3 is 5.97 Å². The normalized spacial score (nSPS) is 21.5.